The van der Waals surface area contributed by atoms with Gasteiger partial charge in [-0.3, -0.25) is 14.9 Å². The molecule has 6 heteroatoms. The van der Waals surface area contributed by atoms with Crippen molar-refractivity contribution in [1.82, 2.24) is 19.9 Å². The Balaban J connectivity index is 1.53. The summed E-state index contributed by atoms with van der Waals surface area (Å²) in [6.07, 6.45) is 7.18. The summed E-state index contributed by atoms with van der Waals surface area (Å²) in [7, 11) is 0. The standard InChI is InChI=1S/C20H19FN4O/c21-16-7-1-2-9-19(16)26-20-13-22-12-17(24-20)18-8-5-11-25(18)14-15-6-3-4-10-23-15/h1-4,6-7,9-10,12-13,18H,5,8,11,14H2. The van der Waals surface area contributed by atoms with Crippen LogP contribution in [-0.2, 0) is 6.54 Å². The average Bonchev–Trinajstić information content (AvgIpc) is 3.13. The van der Waals surface area contributed by atoms with Gasteiger partial charge in [0.2, 0.25) is 5.88 Å². The van der Waals surface area contributed by atoms with Gasteiger partial charge in [-0.25, -0.2) is 9.37 Å². The minimum absolute atomic E-state index is 0.149. The number of aromatic nitrogens is 3. The Morgan fingerprint density at radius 3 is 2.85 bits per heavy atom. The highest BCUT2D eigenvalue weighted by molar-refractivity contribution is 5.28. The number of nitrogens with zero attached hydrogens (tertiary/aromatic N) is 4. The molecule has 3 heterocycles. The first-order valence-corrected chi connectivity index (χ1v) is 8.68. The lowest BCUT2D eigenvalue weighted by molar-refractivity contribution is 0.240. The van der Waals surface area contributed by atoms with Crippen molar-refractivity contribution in [2.24, 2.45) is 0 Å². The first kappa shape index (κ1) is 16.6. The smallest absolute Gasteiger partial charge is 0.238 e. The molecule has 3 aromatic rings. The zero-order valence-corrected chi connectivity index (χ0v) is 14.3. The molecule has 0 saturated carbocycles. The normalized spacial score (nSPS) is 17.3. The van der Waals surface area contributed by atoms with E-state index in [1.165, 1.54) is 12.3 Å². The molecule has 1 saturated heterocycles. The van der Waals surface area contributed by atoms with Crippen LogP contribution in [0.3, 0.4) is 0 Å². The Morgan fingerprint density at radius 1 is 1.12 bits per heavy atom. The van der Waals surface area contributed by atoms with E-state index in [0.29, 0.717) is 5.88 Å². The van der Waals surface area contributed by atoms with Crippen LogP contribution in [0.15, 0.2) is 61.1 Å². The van der Waals surface area contributed by atoms with E-state index in [9.17, 15) is 4.39 Å². The minimum atomic E-state index is -0.419. The Hall–Kier alpha value is -2.86. The summed E-state index contributed by atoms with van der Waals surface area (Å²) < 4.78 is 19.4. The Morgan fingerprint density at radius 2 is 2.00 bits per heavy atom. The van der Waals surface area contributed by atoms with Gasteiger partial charge in [-0.2, -0.15) is 0 Å². The molecular formula is C20H19FN4O. The molecule has 5 nitrogen and oxygen atoms in total. The van der Waals surface area contributed by atoms with E-state index in [2.05, 4.69) is 19.9 Å². The molecule has 0 radical (unpaired) electrons. The maximum Gasteiger partial charge on any atom is 0.238 e. The van der Waals surface area contributed by atoms with Crippen LogP contribution in [0.1, 0.15) is 30.3 Å². The van der Waals surface area contributed by atoms with E-state index in [4.69, 9.17) is 4.74 Å². The van der Waals surface area contributed by atoms with E-state index in [1.54, 1.807) is 24.4 Å². The summed E-state index contributed by atoms with van der Waals surface area (Å²) in [6.45, 7) is 1.76. The van der Waals surface area contributed by atoms with Crippen molar-refractivity contribution in [2.75, 3.05) is 6.54 Å². The van der Waals surface area contributed by atoms with Gasteiger partial charge >= 0.3 is 0 Å². The maximum absolute atomic E-state index is 13.8. The third-order valence-corrected chi connectivity index (χ3v) is 4.48. The fraction of sp³-hybridized carbons (Fsp3) is 0.250. The van der Waals surface area contributed by atoms with Gasteiger partial charge in [0.05, 0.1) is 29.8 Å². The molecule has 1 aliphatic heterocycles. The van der Waals surface area contributed by atoms with Crippen molar-refractivity contribution >= 4 is 0 Å². The lowest BCUT2D eigenvalue weighted by atomic mass is 10.1. The van der Waals surface area contributed by atoms with Gasteiger partial charge < -0.3 is 4.74 Å². The van der Waals surface area contributed by atoms with Crippen LogP contribution in [0.25, 0.3) is 0 Å². The van der Waals surface area contributed by atoms with Crippen LogP contribution in [-0.4, -0.2) is 26.4 Å². The van der Waals surface area contributed by atoms with Gasteiger partial charge in [0.25, 0.3) is 0 Å². The van der Waals surface area contributed by atoms with Crippen molar-refractivity contribution in [3.63, 3.8) is 0 Å². The molecule has 132 valence electrons. The second-order valence-corrected chi connectivity index (χ2v) is 6.26. The molecule has 1 fully saturated rings. The Labute approximate surface area is 151 Å². The van der Waals surface area contributed by atoms with Crippen molar-refractivity contribution in [2.45, 2.75) is 25.4 Å². The molecule has 26 heavy (non-hydrogen) atoms. The highest BCUT2D eigenvalue weighted by Crippen LogP contribution is 2.32. The number of para-hydroxylation sites is 1. The predicted molar refractivity (Wildman–Crippen MR) is 95.1 cm³/mol. The van der Waals surface area contributed by atoms with Crippen LogP contribution < -0.4 is 4.74 Å². The number of likely N-dealkylation sites (tertiary alicyclic amines) is 1. The molecule has 1 unspecified atom stereocenters. The third kappa shape index (κ3) is 3.70. The SMILES string of the molecule is Fc1ccccc1Oc1cncc(C2CCCN2Cc2ccccn2)n1. The molecule has 1 aliphatic rings. The molecule has 0 aliphatic carbocycles. The molecule has 0 N–H and O–H groups in total. The number of benzene rings is 1. The van der Waals surface area contributed by atoms with Crippen molar-refractivity contribution < 1.29 is 9.13 Å². The second-order valence-electron chi connectivity index (χ2n) is 6.26. The number of ether oxygens (including phenoxy) is 1. The molecule has 0 bridgehead atoms. The zero-order valence-electron chi connectivity index (χ0n) is 14.3. The van der Waals surface area contributed by atoms with Crippen LogP contribution in [0.5, 0.6) is 11.6 Å². The van der Waals surface area contributed by atoms with Crippen LogP contribution in [0.4, 0.5) is 4.39 Å². The van der Waals surface area contributed by atoms with E-state index in [1.807, 2.05) is 24.4 Å². The van der Waals surface area contributed by atoms with E-state index in [0.717, 1.165) is 37.3 Å². The summed E-state index contributed by atoms with van der Waals surface area (Å²) in [6, 6.07) is 12.4. The second kappa shape index (κ2) is 7.58. The maximum atomic E-state index is 13.8. The lowest BCUT2D eigenvalue weighted by Gasteiger charge is -2.23. The third-order valence-electron chi connectivity index (χ3n) is 4.48. The zero-order chi connectivity index (χ0) is 17.8. The van der Waals surface area contributed by atoms with Gasteiger partial charge in [-0.1, -0.05) is 18.2 Å². The van der Waals surface area contributed by atoms with Gasteiger partial charge in [0.15, 0.2) is 11.6 Å². The quantitative estimate of drug-likeness (QED) is 0.692. The first-order chi connectivity index (χ1) is 12.8. The number of halogens is 1. The average molecular weight is 350 g/mol. The fourth-order valence-electron chi connectivity index (χ4n) is 3.26. The monoisotopic (exact) mass is 350 g/mol. The largest absolute Gasteiger partial charge is 0.434 e. The highest BCUT2D eigenvalue weighted by Gasteiger charge is 2.28. The van der Waals surface area contributed by atoms with Crippen LogP contribution in [0.2, 0.25) is 0 Å². The fourth-order valence-corrected chi connectivity index (χ4v) is 3.26. The molecule has 2 aromatic heterocycles. The summed E-state index contributed by atoms with van der Waals surface area (Å²) in [4.78, 5) is 15.6. The van der Waals surface area contributed by atoms with Crippen LogP contribution in [0, 0.1) is 5.82 Å². The molecule has 0 amide bonds. The molecule has 1 aromatic carbocycles. The van der Waals surface area contributed by atoms with E-state index >= 15 is 0 Å². The predicted octanol–water partition coefficient (Wildman–Crippen LogP) is 4.14. The van der Waals surface area contributed by atoms with Gasteiger partial charge in [-0.05, 0) is 43.7 Å². The lowest BCUT2D eigenvalue weighted by Crippen LogP contribution is -2.24. The Bertz CT molecular complexity index is 874. The van der Waals surface area contributed by atoms with Gasteiger partial charge in [0.1, 0.15) is 0 Å². The van der Waals surface area contributed by atoms with Gasteiger partial charge in [-0.15, -0.1) is 0 Å². The van der Waals surface area contributed by atoms with Crippen molar-refractivity contribution in [3.05, 3.63) is 78.3 Å². The topological polar surface area (TPSA) is 51.1 Å². The molecule has 4 rings (SSSR count). The molecular weight excluding hydrogens is 331 g/mol. The number of hydrogen-bond acceptors (Lipinski definition) is 5. The molecule has 0 spiro atoms. The van der Waals surface area contributed by atoms with Gasteiger partial charge in [0, 0.05) is 12.7 Å². The summed E-state index contributed by atoms with van der Waals surface area (Å²) in [5, 5.41) is 0. The summed E-state index contributed by atoms with van der Waals surface area (Å²) in [5.74, 6) is 0.0327. The Kier molecular flexibility index (Phi) is 4.84. The number of rotatable bonds is 5. The molecule has 1 atom stereocenters. The van der Waals surface area contributed by atoms with E-state index in [-0.39, 0.29) is 11.8 Å². The summed E-state index contributed by atoms with van der Waals surface area (Å²) >= 11 is 0. The highest BCUT2D eigenvalue weighted by atomic mass is 19.1. The van der Waals surface area contributed by atoms with Crippen LogP contribution >= 0.6 is 0 Å². The summed E-state index contributed by atoms with van der Waals surface area (Å²) in [5.41, 5.74) is 1.87. The number of pyridine rings is 1. The minimum Gasteiger partial charge on any atom is -0.434 e. The van der Waals surface area contributed by atoms with E-state index < -0.39 is 5.82 Å². The first-order valence-electron chi connectivity index (χ1n) is 8.68. The van der Waals surface area contributed by atoms with Crippen molar-refractivity contribution in [3.8, 4) is 11.6 Å². The number of hydrogen-bond donors (Lipinski definition) is 0. The van der Waals surface area contributed by atoms with Crippen molar-refractivity contribution in [1.29, 1.82) is 0 Å².